The Hall–Kier alpha value is -2.15. The zero-order valence-electron chi connectivity index (χ0n) is 13.9. The predicted octanol–water partition coefficient (Wildman–Crippen LogP) is 1.38. The van der Waals surface area contributed by atoms with Crippen molar-refractivity contribution in [2.45, 2.75) is 44.9 Å². The van der Waals surface area contributed by atoms with E-state index in [1.807, 2.05) is 17.0 Å². The van der Waals surface area contributed by atoms with Gasteiger partial charge in [0.1, 0.15) is 12.7 Å². The van der Waals surface area contributed by atoms with Gasteiger partial charge in [0.05, 0.1) is 25.1 Å². The van der Waals surface area contributed by atoms with Crippen LogP contribution >= 0.6 is 0 Å². The molecule has 24 heavy (non-hydrogen) atoms. The maximum Gasteiger partial charge on any atom is 0.220 e. The third kappa shape index (κ3) is 2.96. The Morgan fingerprint density at radius 1 is 1.46 bits per heavy atom. The highest BCUT2D eigenvalue weighted by molar-refractivity contribution is 5.74. The maximum atomic E-state index is 12.2. The summed E-state index contributed by atoms with van der Waals surface area (Å²) in [5.74, 6) is 0.707. The minimum absolute atomic E-state index is 0.177. The summed E-state index contributed by atoms with van der Waals surface area (Å²) >= 11 is 0. The first-order valence-corrected chi connectivity index (χ1v) is 8.55. The van der Waals surface area contributed by atoms with Crippen LogP contribution in [0.3, 0.4) is 0 Å². The Kier molecular flexibility index (Phi) is 4.10. The molecule has 2 aliphatic rings. The lowest BCUT2D eigenvalue weighted by Crippen LogP contribution is -2.48. The van der Waals surface area contributed by atoms with E-state index in [4.69, 9.17) is 4.42 Å². The molecule has 1 amide bonds. The fraction of sp³-hybridized carbons (Fsp3) is 0.588. The van der Waals surface area contributed by atoms with E-state index < -0.39 is 0 Å². The highest BCUT2D eigenvalue weighted by atomic mass is 16.3. The zero-order chi connectivity index (χ0) is 16.5. The van der Waals surface area contributed by atoms with Gasteiger partial charge in [-0.3, -0.25) is 14.4 Å². The average molecular weight is 329 g/mol. The van der Waals surface area contributed by atoms with Gasteiger partial charge in [0.15, 0.2) is 0 Å². The highest BCUT2D eigenvalue weighted by Gasteiger charge is 2.45. The standard InChI is InChI=1S/C17H23N5O2/c1-13(23)22-16(9-21-12-18-11-19-21)6-15-8-20(4-2-17(15)22)7-14-3-5-24-10-14/h3,5,10-12,15-17H,2,4,6-9H2,1H3/t15-,16+,17+/m1/s1. The number of hydrogen-bond donors (Lipinski definition) is 0. The van der Waals surface area contributed by atoms with Crippen LogP contribution in [0.5, 0.6) is 0 Å². The van der Waals surface area contributed by atoms with Crippen LogP contribution in [-0.2, 0) is 17.9 Å². The van der Waals surface area contributed by atoms with Gasteiger partial charge in [-0.1, -0.05) is 0 Å². The fourth-order valence-electron chi connectivity index (χ4n) is 4.41. The molecule has 0 bridgehead atoms. The van der Waals surface area contributed by atoms with E-state index in [-0.39, 0.29) is 11.9 Å². The van der Waals surface area contributed by atoms with Crippen molar-refractivity contribution in [1.82, 2.24) is 24.6 Å². The molecule has 0 radical (unpaired) electrons. The van der Waals surface area contributed by atoms with Crippen LogP contribution in [0.4, 0.5) is 0 Å². The third-order valence-corrected chi connectivity index (χ3v) is 5.32. The molecule has 7 nitrogen and oxygen atoms in total. The molecule has 2 aliphatic heterocycles. The minimum atomic E-state index is 0.177. The van der Waals surface area contributed by atoms with E-state index in [9.17, 15) is 4.79 Å². The maximum absolute atomic E-state index is 12.2. The molecule has 0 saturated carbocycles. The minimum Gasteiger partial charge on any atom is -0.472 e. The number of nitrogens with zero attached hydrogens (tertiary/aromatic N) is 5. The Labute approximate surface area is 141 Å². The van der Waals surface area contributed by atoms with Crippen LogP contribution in [0.2, 0.25) is 0 Å². The topological polar surface area (TPSA) is 67.4 Å². The number of fused-ring (bicyclic) bond motifs is 1. The molecule has 7 heteroatoms. The van der Waals surface area contributed by atoms with E-state index in [1.165, 1.54) is 5.56 Å². The first kappa shape index (κ1) is 15.4. The number of carbonyl (C=O) groups is 1. The number of carbonyl (C=O) groups excluding carboxylic acids is 1. The van der Waals surface area contributed by atoms with E-state index in [0.29, 0.717) is 12.0 Å². The lowest BCUT2D eigenvalue weighted by atomic mass is 9.92. The highest BCUT2D eigenvalue weighted by Crippen LogP contribution is 2.36. The van der Waals surface area contributed by atoms with Crippen LogP contribution in [0.15, 0.2) is 35.7 Å². The molecule has 0 spiro atoms. The fourth-order valence-corrected chi connectivity index (χ4v) is 4.41. The third-order valence-electron chi connectivity index (χ3n) is 5.32. The largest absolute Gasteiger partial charge is 0.472 e. The first-order chi connectivity index (χ1) is 11.7. The van der Waals surface area contributed by atoms with E-state index in [1.54, 1.807) is 25.8 Å². The van der Waals surface area contributed by atoms with E-state index in [0.717, 1.165) is 39.0 Å². The lowest BCUT2D eigenvalue weighted by molar-refractivity contribution is -0.133. The van der Waals surface area contributed by atoms with Gasteiger partial charge in [-0.15, -0.1) is 0 Å². The van der Waals surface area contributed by atoms with Gasteiger partial charge in [0, 0.05) is 38.2 Å². The molecule has 0 aromatic carbocycles. The summed E-state index contributed by atoms with van der Waals surface area (Å²) in [5.41, 5.74) is 1.22. The van der Waals surface area contributed by atoms with Crippen molar-refractivity contribution in [1.29, 1.82) is 0 Å². The monoisotopic (exact) mass is 329 g/mol. The van der Waals surface area contributed by atoms with Crippen LogP contribution in [0.1, 0.15) is 25.3 Å². The number of aromatic nitrogens is 3. The summed E-state index contributed by atoms with van der Waals surface area (Å²) in [6.07, 6.45) is 8.89. The summed E-state index contributed by atoms with van der Waals surface area (Å²) in [6.45, 7) is 5.40. The van der Waals surface area contributed by atoms with Gasteiger partial charge in [-0.2, -0.15) is 5.10 Å². The van der Waals surface area contributed by atoms with Gasteiger partial charge >= 0.3 is 0 Å². The number of hydrogen-bond acceptors (Lipinski definition) is 5. The molecule has 0 aliphatic carbocycles. The molecule has 2 aromatic rings. The normalized spacial score (nSPS) is 27.4. The van der Waals surface area contributed by atoms with Gasteiger partial charge in [0.2, 0.25) is 5.91 Å². The lowest BCUT2D eigenvalue weighted by Gasteiger charge is -2.38. The number of piperidine rings is 1. The second-order valence-corrected chi connectivity index (χ2v) is 6.92. The molecule has 2 fully saturated rings. The van der Waals surface area contributed by atoms with Gasteiger partial charge in [-0.25, -0.2) is 4.98 Å². The van der Waals surface area contributed by atoms with Gasteiger partial charge < -0.3 is 9.32 Å². The van der Waals surface area contributed by atoms with Crippen molar-refractivity contribution >= 4 is 5.91 Å². The molecule has 2 aromatic heterocycles. The van der Waals surface area contributed by atoms with Crippen LogP contribution in [-0.4, -0.2) is 55.6 Å². The molecule has 2 saturated heterocycles. The molecule has 0 unspecified atom stereocenters. The Balaban J connectivity index is 1.45. The van der Waals surface area contributed by atoms with Crippen molar-refractivity contribution < 1.29 is 9.21 Å². The van der Waals surface area contributed by atoms with Gasteiger partial charge in [0.25, 0.3) is 0 Å². The quantitative estimate of drug-likeness (QED) is 0.848. The Bertz CT molecular complexity index is 669. The van der Waals surface area contributed by atoms with Crippen LogP contribution in [0.25, 0.3) is 0 Å². The second-order valence-electron chi connectivity index (χ2n) is 6.92. The summed E-state index contributed by atoms with van der Waals surface area (Å²) in [6, 6.07) is 2.60. The molecule has 0 N–H and O–H groups in total. The van der Waals surface area contributed by atoms with Gasteiger partial charge in [-0.05, 0) is 24.8 Å². The molecule has 128 valence electrons. The summed E-state index contributed by atoms with van der Waals surface area (Å²) in [7, 11) is 0. The molecule has 4 rings (SSSR count). The van der Waals surface area contributed by atoms with E-state index >= 15 is 0 Å². The number of rotatable bonds is 4. The molecular formula is C17H23N5O2. The summed E-state index contributed by atoms with van der Waals surface area (Å²) in [5, 5.41) is 4.20. The number of amides is 1. The van der Waals surface area contributed by atoms with Crippen LogP contribution < -0.4 is 0 Å². The first-order valence-electron chi connectivity index (χ1n) is 8.55. The van der Waals surface area contributed by atoms with Crippen molar-refractivity contribution in [3.8, 4) is 0 Å². The smallest absolute Gasteiger partial charge is 0.220 e. The molecule has 3 atom stereocenters. The summed E-state index contributed by atoms with van der Waals surface area (Å²) in [4.78, 5) is 20.8. The average Bonchev–Trinajstić information content (AvgIpc) is 3.27. The zero-order valence-corrected chi connectivity index (χ0v) is 13.9. The van der Waals surface area contributed by atoms with Crippen molar-refractivity contribution in [2.24, 2.45) is 5.92 Å². The summed E-state index contributed by atoms with van der Waals surface area (Å²) < 4.78 is 7.01. The van der Waals surface area contributed by atoms with E-state index in [2.05, 4.69) is 19.9 Å². The van der Waals surface area contributed by atoms with Crippen molar-refractivity contribution in [3.63, 3.8) is 0 Å². The Morgan fingerprint density at radius 2 is 2.38 bits per heavy atom. The predicted molar refractivity (Wildman–Crippen MR) is 86.8 cm³/mol. The Morgan fingerprint density at radius 3 is 3.08 bits per heavy atom. The van der Waals surface area contributed by atoms with Crippen LogP contribution in [0, 0.1) is 5.92 Å². The molecular weight excluding hydrogens is 306 g/mol. The van der Waals surface area contributed by atoms with Crippen molar-refractivity contribution in [3.05, 3.63) is 36.8 Å². The number of likely N-dealkylation sites (tertiary alicyclic amines) is 2. The second kappa shape index (κ2) is 6.39. The SMILES string of the molecule is CC(=O)N1[C@H](Cn2cncn2)C[C@@H]2CN(Cc3ccoc3)CC[C@@H]21. The number of furan rings is 1. The van der Waals surface area contributed by atoms with Crippen molar-refractivity contribution in [2.75, 3.05) is 13.1 Å². The molecule has 4 heterocycles.